The molecule has 2 unspecified atom stereocenters. The molecule has 4 nitrogen and oxygen atoms in total. The number of nitrogens with zero attached hydrogens (tertiary/aromatic N) is 2. The van der Waals surface area contributed by atoms with Gasteiger partial charge in [0.05, 0.1) is 0 Å². The predicted octanol–water partition coefficient (Wildman–Crippen LogP) is 2.53. The fourth-order valence-corrected chi connectivity index (χ4v) is 5.80. The Labute approximate surface area is 127 Å². The zero-order valence-corrected chi connectivity index (χ0v) is 13.3. The topological polar surface area (TPSA) is 49.7 Å². The van der Waals surface area contributed by atoms with E-state index in [1.807, 2.05) is 12.1 Å². The highest BCUT2D eigenvalue weighted by Gasteiger charge is 2.44. The molecule has 2 fully saturated rings. The van der Waals surface area contributed by atoms with E-state index in [1.165, 1.54) is 0 Å². The smallest absolute Gasteiger partial charge is 0.285 e. The van der Waals surface area contributed by atoms with E-state index in [0.29, 0.717) is 27.6 Å². The number of benzene rings is 1. The van der Waals surface area contributed by atoms with Gasteiger partial charge in [0.25, 0.3) is 10.0 Å². The monoisotopic (exact) mass is 354 g/mol. The van der Waals surface area contributed by atoms with Crippen molar-refractivity contribution in [1.29, 1.82) is 0 Å². The maximum Gasteiger partial charge on any atom is 0.285 e. The summed E-state index contributed by atoms with van der Waals surface area (Å²) in [6.07, 6.45) is 4.40. The highest BCUT2D eigenvalue weighted by molar-refractivity contribution is 9.09. The summed E-state index contributed by atoms with van der Waals surface area (Å²) in [7, 11) is -3.50. The molecule has 3 aliphatic heterocycles. The number of amidine groups is 1. The third-order valence-electron chi connectivity index (χ3n) is 4.53. The zero-order chi connectivity index (χ0) is 13.9. The first-order valence-corrected chi connectivity index (χ1v) is 9.28. The lowest BCUT2D eigenvalue weighted by Crippen LogP contribution is -2.46. The van der Waals surface area contributed by atoms with Gasteiger partial charge in [-0.1, -0.05) is 28.1 Å². The van der Waals surface area contributed by atoms with Crippen LogP contribution in [0.1, 0.15) is 31.2 Å². The number of sulfonamides is 1. The SMILES string of the molecule is O=S1(=O)N=C(N2C3CCC2CC(Br)C3)c2ccccc21. The molecule has 0 aromatic heterocycles. The van der Waals surface area contributed by atoms with Crippen LogP contribution < -0.4 is 0 Å². The Balaban J connectivity index is 1.81. The van der Waals surface area contributed by atoms with Crippen LogP contribution in [0.25, 0.3) is 0 Å². The van der Waals surface area contributed by atoms with Crippen molar-refractivity contribution in [1.82, 2.24) is 4.90 Å². The molecule has 2 atom stereocenters. The molecule has 1 aromatic carbocycles. The average Bonchev–Trinajstić information content (AvgIpc) is 2.82. The lowest BCUT2D eigenvalue weighted by atomic mass is 10.0. The normalized spacial score (nSPS) is 34.0. The number of piperidine rings is 1. The molecule has 3 aliphatic rings. The second-order valence-corrected chi connectivity index (χ2v) is 8.61. The van der Waals surface area contributed by atoms with Gasteiger partial charge in [-0.3, -0.25) is 0 Å². The molecule has 0 N–H and O–H groups in total. The maximum atomic E-state index is 12.2. The Morgan fingerprint density at radius 2 is 1.80 bits per heavy atom. The molecular weight excluding hydrogens is 340 g/mol. The molecule has 106 valence electrons. The van der Waals surface area contributed by atoms with E-state index in [1.54, 1.807) is 12.1 Å². The third-order valence-corrected chi connectivity index (χ3v) is 6.61. The summed E-state index contributed by atoms with van der Waals surface area (Å²) in [6.45, 7) is 0. The van der Waals surface area contributed by atoms with Crippen LogP contribution in [0.5, 0.6) is 0 Å². The zero-order valence-electron chi connectivity index (χ0n) is 10.9. The second kappa shape index (κ2) is 4.31. The van der Waals surface area contributed by atoms with E-state index < -0.39 is 10.0 Å². The molecular formula is C14H15BrN2O2S. The van der Waals surface area contributed by atoms with Gasteiger partial charge in [-0.05, 0) is 37.8 Å². The van der Waals surface area contributed by atoms with E-state index in [9.17, 15) is 8.42 Å². The van der Waals surface area contributed by atoms with Gasteiger partial charge in [0.2, 0.25) is 0 Å². The number of rotatable bonds is 0. The van der Waals surface area contributed by atoms with Crippen LogP contribution in [-0.2, 0) is 10.0 Å². The predicted molar refractivity (Wildman–Crippen MR) is 80.8 cm³/mol. The second-order valence-electron chi connectivity index (χ2n) is 5.75. The van der Waals surface area contributed by atoms with E-state index in [4.69, 9.17) is 0 Å². The lowest BCUT2D eigenvalue weighted by molar-refractivity contribution is 0.244. The van der Waals surface area contributed by atoms with Gasteiger partial charge >= 0.3 is 0 Å². The largest absolute Gasteiger partial charge is 0.349 e. The van der Waals surface area contributed by atoms with E-state index in [-0.39, 0.29) is 0 Å². The van der Waals surface area contributed by atoms with E-state index >= 15 is 0 Å². The van der Waals surface area contributed by atoms with Crippen molar-refractivity contribution in [2.75, 3.05) is 0 Å². The minimum absolute atomic E-state index is 0.357. The van der Waals surface area contributed by atoms with Crippen LogP contribution in [0, 0.1) is 0 Å². The molecule has 2 saturated heterocycles. The van der Waals surface area contributed by atoms with Crippen molar-refractivity contribution in [3.8, 4) is 0 Å². The Kier molecular flexibility index (Phi) is 2.76. The average molecular weight is 355 g/mol. The fourth-order valence-electron chi connectivity index (χ4n) is 3.73. The summed E-state index contributed by atoms with van der Waals surface area (Å²) in [6, 6.07) is 8.00. The summed E-state index contributed by atoms with van der Waals surface area (Å²) in [5.41, 5.74) is 0.775. The third kappa shape index (κ3) is 1.77. The van der Waals surface area contributed by atoms with Gasteiger partial charge in [0.1, 0.15) is 4.90 Å². The molecule has 1 aromatic rings. The van der Waals surface area contributed by atoms with Gasteiger partial charge in [0.15, 0.2) is 5.84 Å². The molecule has 2 bridgehead atoms. The molecule has 0 aliphatic carbocycles. The number of halogens is 1. The number of alkyl halides is 1. The van der Waals surface area contributed by atoms with Crippen LogP contribution in [0.3, 0.4) is 0 Å². The van der Waals surface area contributed by atoms with E-state index in [2.05, 4.69) is 25.2 Å². The van der Waals surface area contributed by atoms with Gasteiger partial charge in [-0.15, -0.1) is 4.40 Å². The Bertz CT molecular complexity index is 687. The first-order valence-electron chi connectivity index (χ1n) is 6.93. The fraction of sp³-hybridized carbons (Fsp3) is 0.500. The molecule has 0 radical (unpaired) electrons. The summed E-state index contributed by atoms with van der Waals surface area (Å²) in [5.74, 6) is 0.674. The van der Waals surface area contributed by atoms with Crippen LogP contribution in [0.4, 0.5) is 0 Å². The number of hydrogen-bond donors (Lipinski definition) is 0. The van der Waals surface area contributed by atoms with E-state index in [0.717, 1.165) is 31.2 Å². The first-order chi connectivity index (χ1) is 9.56. The van der Waals surface area contributed by atoms with Crippen molar-refractivity contribution in [2.45, 2.75) is 47.5 Å². The molecule has 0 spiro atoms. The number of hydrogen-bond acceptors (Lipinski definition) is 3. The van der Waals surface area contributed by atoms with Gasteiger partial charge in [0, 0.05) is 22.5 Å². The standard InChI is InChI=1S/C14H15BrN2O2S/c15-9-7-10-5-6-11(8-9)17(10)14-12-3-1-2-4-13(12)20(18,19)16-14/h1-4,9-11H,5-8H2. The molecule has 6 heteroatoms. The van der Waals surface area contributed by atoms with Crippen LogP contribution in [0.2, 0.25) is 0 Å². The summed E-state index contributed by atoms with van der Waals surface area (Å²) in [4.78, 5) is 3.17. The summed E-state index contributed by atoms with van der Waals surface area (Å²) >= 11 is 3.71. The summed E-state index contributed by atoms with van der Waals surface area (Å²) < 4.78 is 28.4. The quantitative estimate of drug-likeness (QED) is 0.672. The summed E-state index contributed by atoms with van der Waals surface area (Å²) in [5, 5.41) is 0. The van der Waals surface area contributed by atoms with Crippen molar-refractivity contribution in [3.05, 3.63) is 29.8 Å². The molecule has 0 amide bonds. The highest BCUT2D eigenvalue weighted by atomic mass is 79.9. The molecule has 3 heterocycles. The minimum Gasteiger partial charge on any atom is -0.349 e. The van der Waals surface area contributed by atoms with Crippen LogP contribution in [0.15, 0.2) is 33.6 Å². The Hall–Kier alpha value is -0.880. The van der Waals surface area contributed by atoms with Gasteiger partial charge < -0.3 is 4.90 Å². The maximum absolute atomic E-state index is 12.2. The van der Waals surface area contributed by atoms with Crippen molar-refractivity contribution < 1.29 is 8.42 Å². The molecule has 20 heavy (non-hydrogen) atoms. The molecule has 4 rings (SSSR count). The molecule has 0 saturated carbocycles. The van der Waals surface area contributed by atoms with Gasteiger partial charge in [-0.25, -0.2) is 0 Å². The van der Waals surface area contributed by atoms with Crippen LogP contribution >= 0.6 is 15.9 Å². The first kappa shape index (κ1) is 12.8. The lowest BCUT2D eigenvalue weighted by Gasteiger charge is -2.38. The van der Waals surface area contributed by atoms with Gasteiger partial charge in [-0.2, -0.15) is 8.42 Å². The van der Waals surface area contributed by atoms with Crippen molar-refractivity contribution in [3.63, 3.8) is 0 Å². The Morgan fingerprint density at radius 3 is 2.50 bits per heavy atom. The minimum atomic E-state index is -3.50. The highest BCUT2D eigenvalue weighted by Crippen LogP contribution is 2.41. The van der Waals surface area contributed by atoms with Crippen molar-refractivity contribution >= 4 is 31.8 Å². The Morgan fingerprint density at radius 1 is 1.15 bits per heavy atom. The van der Waals surface area contributed by atoms with Crippen molar-refractivity contribution in [2.24, 2.45) is 4.40 Å². The van der Waals surface area contributed by atoms with Crippen LogP contribution in [-0.4, -0.2) is 36.1 Å². The number of fused-ring (bicyclic) bond motifs is 3.